The van der Waals surface area contributed by atoms with Crippen LogP contribution in [0.4, 0.5) is 5.69 Å². The lowest BCUT2D eigenvalue weighted by molar-refractivity contribution is -0.112. The van der Waals surface area contributed by atoms with Crippen LogP contribution < -0.4 is 5.32 Å². The zero-order valence-corrected chi connectivity index (χ0v) is 15.7. The number of benzene rings is 2. The van der Waals surface area contributed by atoms with Crippen molar-refractivity contribution in [1.29, 1.82) is 0 Å². The molecule has 4 heteroatoms. The van der Waals surface area contributed by atoms with Crippen molar-refractivity contribution in [3.8, 4) is 0 Å². The number of likely N-dealkylation sites (tertiary alicyclic amines) is 1. The van der Waals surface area contributed by atoms with Gasteiger partial charge in [0.1, 0.15) is 12.6 Å². The fourth-order valence-corrected chi connectivity index (χ4v) is 3.73. The van der Waals surface area contributed by atoms with Gasteiger partial charge in [-0.15, -0.1) is 0 Å². The molecule has 1 N–H and O–H groups in total. The van der Waals surface area contributed by atoms with Crippen molar-refractivity contribution in [2.24, 2.45) is 5.92 Å². The summed E-state index contributed by atoms with van der Waals surface area (Å²) in [5.74, 6) is 0.402. The largest absolute Gasteiger partial charge is 0.385 e. The maximum Gasteiger partial charge on any atom is 0.127 e. The molecule has 0 bridgehead atoms. The molecule has 2 aromatic carbocycles. The van der Waals surface area contributed by atoms with Crippen molar-refractivity contribution in [3.63, 3.8) is 0 Å². The third kappa shape index (κ3) is 5.51. The second-order valence-corrected chi connectivity index (χ2v) is 7.28. The van der Waals surface area contributed by atoms with Gasteiger partial charge in [0, 0.05) is 30.6 Å². The second kappa shape index (κ2) is 10.0. The van der Waals surface area contributed by atoms with Crippen molar-refractivity contribution in [3.05, 3.63) is 65.7 Å². The molecule has 2 aromatic rings. The van der Waals surface area contributed by atoms with E-state index >= 15 is 0 Å². The quantitative estimate of drug-likeness (QED) is 0.837. The summed E-state index contributed by atoms with van der Waals surface area (Å²) in [4.78, 5) is 23.7. The Balaban J connectivity index is 0.000000159. The van der Waals surface area contributed by atoms with Crippen LogP contribution in [0.2, 0.25) is 0 Å². The average molecular weight is 364 g/mol. The number of rotatable bonds is 4. The fraction of sp³-hybridized carbons (Fsp3) is 0.391. The van der Waals surface area contributed by atoms with Crippen LogP contribution in [-0.4, -0.2) is 37.1 Å². The summed E-state index contributed by atoms with van der Waals surface area (Å²) in [5.41, 5.74) is 3.61. The molecule has 1 unspecified atom stereocenters. The minimum absolute atomic E-state index is 0.0995. The maximum atomic E-state index is 10.7. The highest BCUT2D eigenvalue weighted by Crippen LogP contribution is 2.29. The summed E-state index contributed by atoms with van der Waals surface area (Å²) in [6.45, 7) is 4.03. The van der Waals surface area contributed by atoms with Gasteiger partial charge in [0.05, 0.1) is 0 Å². The van der Waals surface area contributed by atoms with Crippen LogP contribution in [0.3, 0.4) is 0 Å². The van der Waals surface area contributed by atoms with Crippen molar-refractivity contribution < 1.29 is 9.59 Å². The molecular weight excluding hydrogens is 336 g/mol. The summed E-state index contributed by atoms with van der Waals surface area (Å²) in [5, 5.41) is 3.27. The number of hydrogen-bond acceptors (Lipinski definition) is 4. The number of nitrogens with one attached hydrogen (secondary N) is 1. The molecule has 2 heterocycles. The number of aldehydes is 2. The Morgan fingerprint density at radius 2 is 1.59 bits per heavy atom. The van der Waals surface area contributed by atoms with Gasteiger partial charge in [0.15, 0.2) is 0 Å². The van der Waals surface area contributed by atoms with Gasteiger partial charge >= 0.3 is 0 Å². The lowest BCUT2D eigenvalue weighted by atomic mass is 9.92. The average Bonchev–Trinajstić information content (AvgIpc) is 2.75. The number of piperidine rings is 1. The van der Waals surface area contributed by atoms with E-state index in [-0.39, 0.29) is 5.92 Å². The van der Waals surface area contributed by atoms with Crippen LogP contribution in [0.1, 0.15) is 36.3 Å². The lowest BCUT2D eigenvalue weighted by Gasteiger charge is -2.29. The molecule has 27 heavy (non-hydrogen) atoms. The van der Waals surface area contributed by atoms with E-state index in [0.717, 1.165) is 69.3 Å². The van der Waals surface area contributed by atoms with Gasteiger partial charge in [0.25, 0.3) is 0 Å². The molecular formula is C23H28N2O2. The Morgan fingerprint density at radius 3 is 2.30 bits per heavy atom. The summed E-state index contributed by atoms with van der Waals surface area (Å²) < 4.78 is 0. The predicted molar refractivity (Wildman–Crippen MR) is 109 cm³/mol. The van der Waals surface area contributed by atoms with E-state index in [9.17, 15) is 9.59 Å². The van der Waals surface area contributed by atoms with Gasteiger partial charge in [-0.25, -0.2) is 0 Å². The minimum atomic E-state index is 0.0995. The molecule has 4 nitrogen and oxygen atoms in total. The third-order valence-electron chi connectivity index (χ3n) is 5.37. The van der Waals surface area contributed by atoms with Gasteiger partial charge in [0.2, 0.25) is 0 Å². The molecule has 1 fully saturated rings. The van der Waals surface area contributed by atoms with E-state index in [1.165, 1.54) is 5.56 Å². The molecule has 0 spiro atoms. The van der Waals surface area contributed by atoms with Crippen molar-refractivity contribution in [1.82, 2.24) is 4.90 Å². The number of hydrogen-bond donors (Lipinski definition) is 1. The first kappa shape index (κ1) is 19.3. The standard InChI is InChI=1S/C13H17NO.C10H11NO/c15-11-13-6-8-14(9-7-13)10-12-4-2-1-3-5-12;12-7-8-5-6-11-10-4-2-1-3-9(8)10/h1-5,11,13H,6-10H2;1-4,7-8,11H,5-6H2. The number of para-hydroxylation sites is 1. The molecule has 1 atom stereocenters. The molecule has 0 aromatic heterocycles. The van der Waals surface area contributed by atoms with E-state index in [1.807, 2.05) is 30.3 Å². The molecule has 1 saturated heterocycles. The second-order valence-electron chi connectivity index (χ2n) is 7.28. The number of carbonyl (C=O) groups is 2. The molecule has 0 amide bonds. The van der Waals surface area contributed by atoms with Crippen molar-refractivity contribution in [2.45, 2.75) is 31.7 Å². The zero-order valence-electron chi connectivity index (χ0n) is 15.7. The van der Waals surface area contributed by atoms with E-state index < -0.39 is 0 Å². The zero-order chi connectivity index (χ0) is 18.9. The Hall–Kier alpha value is -2.46. The molecule has 2 aliphatic rings. The van der Waals surface area contributed by atoms with Crippen LogP contribution >= 0.6 is 0 Å². The SMILES string of the molecule is O=CC1CCN(Cc2ccccc2)CC1.O=CC1CCNc2ccccc21. The van der Waals surface area contributed by atoms with Crippen molar-refractivity contribution >= 4 is 18.3 Å². The summed E-state index contributed by atoms with van der Waals surface area (Å²) >= 11 is 0. The smallest absolute Gasteiger partial charge is 0.127 e. The highest BCUT2D eigenvalue weighted by atomic mass is 16.1. The van der Waals surface area contributed by atoms with Crippen LogP contribution in [0, 0.1) is 5.92 Å². The molecule has 142 valence electrons. The third-order valence-corrected chi connectivity index (χ3v) is 5.37. The van der Waals surface area contributed by atoms with Crippen LogP contribution in [0.15, 0.2) is 54.6 Å². The number of nitrogens with zero attached hydrogens (tertiary/aromatic N) is 1. The van der Waals surface area contributed by atoms with Crippen LogP contribution in [0.5, 0.6) is 0 Å². The van der Waals surface area contributed by atoms with Crippen LogP contribution in [-0.2, 0) is 16.1 Å². The highest BCUT2D eigenvalue weighted by molar-refractivity contribution is 5.70. The maximum absolute atomic E-state index is 10.7. The van der Waals surface area contributed by atoms with Gasteiger partial charge in [-0.05, 0) is 49.5 Å². The Bertz CT molecular complexity index is 724. The number of anilines is 1. The molecule has 4 rings (SSSR count). The highest BCUT2D eigenvalue weighted by Gasteiger charge is 2.18. The van der Waals surface area contributed by atoms with E-state index in [1.54, 1.807) is 0 Å². The lowest BCUT2D eigenvalue weighted by Crippen LogP contribution is -2.33. The van der Waals surface area contributed by atoms with Crippen LogP contribution in [0.25, 0.3) is 0 Å². The van der Waals surface area contributed by atoms with Gasteiger partial charge in [-0.2, -0.15) is 0 Å². The van der Waals surface area contributed by atoms with E-state index in [2.05, 4.69) is 34.5 Å². The number of fused-ring (bicyclic) bond motifs is 1. The first-order chi connectivity index (χ1) is 13.3. The number of carbonyl (C=O) groups excluding carboxylic acids is 2. The summed E-state index contributed by atoms with van der Waals surface area (Å²) in [6.07, 6.45) is 5.12. The molecule has 0 aliphatic carbocycles. The molecule has 0 saturated carbocycles. The Morgan fingerprint density at radius 1 is 0.889 bits per heavy atom. The van der Waals surface area contributed by atoms with Gasteiger partial charge < -0.3 is 14.9 Å². The Kier molecular flexibility index (Phi) is 7.17. The monoisotopic (exact) mass is 364 g/mol. The summed E-state index contributed by atoms with van der Waals surface area (Å²) in [7, 11) is 0. The normalized spacial score (nSPS) is 19.8. The summed E-state index contributed by atoms with van der Waals surface area (Å²) in [6, 6.07) is 18.5. The minimum Gasteiger partial charge on any atom is -0.385 e. The fourth-order valence-electron chi connectivity index (χ4n) is 3.73. The van der Waals surface area contributed by atoms with Gasteiger partial charge in [-0.1, -0.05) is 48.5 Å². The van der Waals surface area contributed by atoms with Gasteiger partial charge in [-0.3, -0.25) is 4.90 Å². The topological polar surface area (TPSA) is 49.4 Å². The Labute approximate surface area is 161 Å². The van der Waals surface area contributed by atoms with Crippen molar-refractivity contribution in [2.75, 3.05) is 25.0 Å². The van der Waals surface area contributed by atoms with E-state index in [4.69, 9.17) is 0 Å². The van der Waals surface area contributed by atoms with E-state index in [0.29, 0.717) is 5.92 Å². The molecule has 2 aliphatic heterocycles. The predicted octanol–water partition coefficient (Wildman–Crippen LogP) is 3.88. The molecule has 0 radical (unpaired) electrons. The first-order valence-electron chi connectivity index (χ1n) is 9.80. The first-order valence-corrected chi connectivity index (χ1v) is 9.80.